The summed E-state index contributed by atoms with van der Waals surface area (Å²) in [6, 6.07) is 4.39. The van der Waals surface area contributed by atoms with Crippen molar-refractivity contribution in [3.05, 3.63) is 18.2 Å². The number of para-hydroxylation sites is 1. The van der Waals surface area contributed by atoms with E-state index in [-0.39, 0.29) is 5.91 Å². The summed E-state index contributed by atoms with van der Waals surface area (Å²) < 4.78 is 10.4. The van der Waals surface area contributed by atoms with Gasteiger partial charge in [0.25, 0.3) is 5.91 Å². The fourth-order valence-corrected chi connectivity index (χ4v) is 2.28. The fraction of sp³-hybridized carbons (Fsp3) is 0.429. The van der Waals surface area contributed by atoms with E-state index in [1.54, 1.807) is 25.1 Å². The van der Waals surface area contributed by atoms with E-state index in [1.165, 1.54) is 12.0 Å². The predicted octanol–water partition coefficient (Wildman–Crippen LogP) is 1.33. The largest absolute Gasteiger partial charge is 0.478 e. The number of ether oxygens (including phenoxy) is 2. The maximum absolute atomic E-state index is 12.5. The maximum atomic E-state index is 12.5. The molecule has 1 aliphatic rings. The molecule has 0 spiro atoms. The molecule has 2 N–H and O–H groups in total. The van der Waals surface area contributed by atoms with Crippen molar-refractivity contribution in [1.29, 1.82) is 0 Å². The summed E-state index contributed by atoms with van der Waals surface area (Å²) in [5, 5.41) is 0. The second kappa shape index (κ2) is 5.40. The van der Waals surface area contributed by atoms with Crippen LogP contribution >= 0.6 is 0 Å². The van der Waals surface area contributed by atoms with E-state index in [0.29, 0.717) is 23.5 Å². The minimum Gasteiger partial charge on any atom is -0.478 e. The van der Waals surface area contributed by atoms with Gasteiger partial charge in [-0.05, 0) is 25.5 Å². The molecule has 1 heterocycles. The van der Waals surface area contributed by atoms with E-state index in [2.05, 4.69) is 0 Å². The molecular weight excluding hydrogens is 260 g/mol. The number of hydrogen-bond donors (Lipinski definition) is 1. The average Bonchev–Trinajstić information content (AvgIpc) is 2.45. The average molecular weight is 278 g/mol. The molecule has 0 saturated carbocycles. The number of benzene rings is 1. The summed E-state index contributed by atoms with van der Waals surface area (Å²) >= 11 is 0. The summed E-state index contributed by atoms with van der Waals surface area (Å²) in [4.78, 5) is 25.6. The lowest BCUT2D eigenvalue weighted by atomic mass is 10.1. The van der Waals surface area contributed by atoms with Crippen molar-refractivity contribution >= 4 is 23.3 Å². The van der Waals surface area contributed by atoms with Crippen molar-refractivity contribution < 1.29 is 19.1 Å². The zero-order valence-electron chi connectivity index (χ0n) is 11.8. The molecule has 2 unspecified atom stereocenters. The third kappa shape index (κ3) is 2.17. The second-order valence-electron chi connectivity index (χ2n) is 4.62. The van der Waals surface area contributed by atoms with Gasteiger partial charge < -0.3 is 15.2 Å². The molecule has 20 heavy (non-hydrogen) atoms. The van der Waals surface area contributed by atoms with Crippen LogP contribution in [0.3, 0.4) is 0 Å². The van der Waals surface area contributed by atoms with Crippen molar-refractivity contribution in [3.8, 4) is 5.75 Å². The standard InChI is InChI=1S/C14H18N2O4/c1-4-10-13(17)16(8(2)14(18)19-3)12-9(15)6-5-7-11(12)20-10/h5-8,10H,4,15H2,1-3H3. The predicted molar refractivity (Wildman–Crippen MR) is 74.5 cm³/mol. The van der Waals surface area contributed by atoms with Gasteiger partial charge in [0, 0.05) is 0 Å². The number of carbonyl (C=O) groups excluding carboxylic acids is 2. The van der Waals surface area contributed by atoms with Gasteiger partial charge in [0.15, 0.2) is 6.10 Å². The van der Waals surface area contributed by atoms with E-state index in [4.69, 9.17) is 15.2 Å². The molecule has 2 atom stereocenters. The Balaban J connectivity index is 2.53. The van der Waals surface area contributed by atoms with Crippen LogP contribution in [0.25, 0.3) is 0 Å². The Morgan fingerprint density at radius 2 is 2.25 bits per heavy atom. The lowest BCUT2D eigenvalue weighted by Gasteiger charge is -2.37. The number of amides is 1. The zero-order valence-corrected chi connectivity index (χ0v) is 11.8. The van der Waals surface area contributed by atoms with Crippen LogP contribution in [-0.4, -0.2) is 31.1 Å². The number of nitrogen functional groups attached to an aromatic ring is 1. The van der Waals surface area contributed by atoms with Gasteiger partial charge in [0.05, 0.1) is 12.8 Å². The third-order valence-electron chi connectivity index (χ3n) is 3.35. The monoisotopic (exact) mass is 278 g/mol. The summed E-state index contributed by atoms with van der Waals surface area (Å²) in [5.74, 6) is -0.271. The maximum Gasteiger partial charge on any atom is 0.328 e. The Kier molecular flexibility index (Phi) is 3.83. The summed E-state index contributed by atoms with van der Waals surface area (Å²) in [6.45, 7) is 3.46. The van der Waals surface area contributed by atoms with Gasteiger partial charge in [-0.2, -0.15) is 0 Å². The lowest BCUT2D eigenvalue weighted by Crippen LogP contribution is -2.52. The Hall–Kier alpha value is -2.24. The van der Waals surface area contributed by atoms with Crippen LogP contribution in [0.5, 0.6) is 5.75 Å². The summed E-state index contributed by atoms with van der Waals surface area (Å²) in [5.41, 5.74) is 6.75. The minimum atomic E-state index is -0.756. The Labute approximate surface area is 117 Å². The van der Waals surface area contributed by atoms with Crippen LogP contribution in [0.2, 0.25) is 0 Å². The van der Waals surface area contributed by atoms with Crippen LogP contribution < -0.4 is 15.4 Å². The number of rotatable bonds is 3. The SMILES string of the molecule is CCC1Oc2cccc(N)c2N(C(C)C(=O)OC)C1=O. The van der Waals surface area contributed by atoms with E-state index in [1.807, 2.05) is 6.92 Å². The molecule has 0 radical (unpaired) electrons. The highest BCUT2D eigenvalue weighted by Gasteiger charge is 2.39. The molecule has 108 valence electrons. The number of carbonyl (C=O) groups is 2. The van der Waals surface area contributed by atoms with Gasteiger partial charge in [-0.1, -0.05) is 13.0 Å². The number of methoxy groups -OCH3 is 1. The molecule has 0 bridgehead atoms. The van der Waals surface area contributed by atoms with Crippen molar-refractivity contribution in [2.75, 3.05) is 17.7 Å². The first kappa shape index (κ1) is 14.2. The Morgan fingerprint density at radius 3 is 2.85 bits per heavy atom. The molecule has 1 aromatic carbocycles. The summed E-state index contributed by atoms with van der Waals surface area (Å²) in [7, 11) is 1.29. The molecule has 1 aliphatic heterocycles. The highest BCUT2D eigenvalue weighted by Crippen LogP contribution is 2.40. The normalized spacial score (nSPS) is 19.1. The Bertz CT molecular complexity index is 544. The number of hydrogen-bond acceptors (Lipinski definition) is 5. The lowest BCUT2D eigenvalue weighted by molar-refractivity contribution is -0.144. The number of nitrogens with two attached hydrogens (primary N) is 1. The van der Waals surface area contributed by atoms with Crippen molar-refractivity contribution in [2.45, 2.75) is 32.4 Å². The number of fused-ring (bicyclic) bond motifs is 1. The van der Waals surface area contributed by atoms with Gasteiger partial charge in [-0.15, -0.1) is 0 Å². The van der Waals surface area contributed by atoms with Crippen LogP contribution in [0.4, 0.5) is 11.4 Å². The second-order valence-corrected chi connectivity index (χ2v) is 4.62. The van der Waals surface area contributed by atoms with E-state index in [0.717, 1.165) is 0 Å². The number of anilines is 2. The molecule has 1 aromatic rings. The molecule has 1 amide bonds. The topological polar surface area (TPSA) is 81.9 Å². The van der Waals surface area contributed by atoms with Crippen molar-refractivity contribution in [3.63, 3.8) is 0 Å². The molecule has 6 nitrogen and oxygen atoms in total. The molecule has 0 saturated heterocycles. The molecule has 2 rings (SSSR count). The van der Waals surface area contributed by atoms with E-state index < -0.39 is 18.1 Å². The van der Waals surface area contributed by atoms with Gasteiger partial charge in [-0.25, -0.2) is 4.79 Å². The Morgan fingerprint density at radius 1 is 1.55 bits per heavy atom. The van der Waals surface area contributed by atoms with Crippen LogP contribution in [0.1, 0.15) is 20.3 Å². The third-order valence-corrected chi connectivity index (χ3v) is 3.35. The number of esters is 1. The van der Waals surface area contributed by atoms with Crippen LogP contribution in [0, 0.1) is 0 Å². The molecule has 0 aliphatic carbocycles. The van der Waals surface area contributed by atoms with Gasteiger partial charge in [0.2, 0.25) is 0 Å². The van der Waals surface area contributed by atoms with Crippen LogP contribution in [0.15, 0.2) is 18.2 Å². The van der Waals surface area contributed by atoms with Crippen molar-refractivity contribution in [1.82, 2.24) is 0 Å². The molecule has 6 heteroatoms. The van der Waals surface area contributed by atoms with Gasteiger partial charge >= 0.3 is 5.97 Å². The first-order valence-electron chi connectivity index (χ1n) is 6.47. The molecule has 0 fully saturated rings. The van der Waals surface area contributed by atoms with Gasteiger partial charge in [-0.3, -0.25) is 9.69 Å². The van der Waals surface area contributed by atoms with E-state index >= 15 is 0 Å². The smallest absolute Gasteiger partial charge is 0.328 e. The highest BCUT2D eigenvalue weighted by molar-refractivity contribution is 6.06. The summed E-state index contributed by atoms with van der Waals surface area (Å²) in [6.07, 6.45) is -0.103. The van der Waals surface area contributed by atoms with Gasteiger partial charge in [0.1, 0.15) is 17.5 Å². The van der Waals surface area contributed by atoms with Crippen LogP contribution in [-0.2, 0) is 14.3 Å². The van der Waals surface area contributed by atoms with Crippen molar-refractivity contribution in [2.24, 2.45) is 0 Å². The highest BCUT2D eigenvalue weighted by atomic mass is 16.5. The molecular formula is C14H18N2O4. The zero-order chi connectivity index (χ0) is 14.9. The minimum absolute atomic E-state index is 0.282. The quantitative estimate of drug-likeness (QED) is 0.666. The number of nitrogens with zero attached hydrogens (tertiary/aromatic N) is 1. The van der Waals surface area contributed by atoms with E-state index in [9.17, 15) is 9.59 Å². The molecule has 0 aromatic heterocycles. The fourth-order valence-electron chi connectivity index (χ4n) is 2.28. The first-order valence-corrected chi connectivity index (χ1v) is 6.47. The first-order chi connectivity index (χ1) is 9.51.